The van der Waals surface area contributed by atoms with Crippen molar-refractivity contribution in [2.75, 3.05) is 25.0 Å². The van der Waals surface area contributed by atoms with Crippen molar-refractivity contribution >= 4 is 42.3 Å². The van der Waals surface area contributed by atoms with Crippen molar-refractivity contribution in [3.63, 3.8) is 0 Å². The van der Waals surface area contributed by atoms with Gasteiger partial charge in [-0.2, -0.15) is 5.10 Å². The first-order chi connectivity index (χ1) is 22.5. The fraction of sp³-hybridized carbons (Fsp3) is 0.250. The highest BCUT2D eigenvalue weighted by atomic mass is 31.2. The fourth-order valence-electron chi connectivity index (χ4n) is 6.15. The van der Waals surface area contributed by atoms with E-state index in [9.17, 15) is 28.7 Å². The summed E-state index contributed by atoms with van der Waals surface area (Å²) in [6.45, 7) is 4.10. The Labute approximate surface area is 270 Å². The molecule has 1 aromatic heterocycles. The molecule has 3 N–H and O–H groups in total. The highest BCUT2D eigenvalue weighted by molar-refractivity contribution is 7.46. The number of nitrogens with zero attached hydrogens (tertiary/aromatic N) is 6. The summed E-state index contributed by atoms with van der Waals surface area (Å²) in [4.78, 5) is 63.6. The minimum absolute atomic E-state index is 0.0369. The number of hydrogen-bond acceptors (Lipinski definition) is 7. The quantitative estimate of drug-likeness (QED) is 0.181. The average molecular weight is 660 g/mol. The largest absolute Gasteiger partial charge is 0.524 e. The highest BCUT2D eigenvalue weighted by Gasteiger charge is 2.51. The summed E-state index contributed by atoms with van der Waals surface area (Å²) >= 11 is 0. The Morgan fingerprint density at radius 1 is 1.09 bits per heavy atom. The van der Waals surface area contributed by atoms with E-state index in [4.69, 9.17) is 0 Å². The van der Waals surface area contributed by atoms with Crippen molar-refractivity contribution < 1.29 is 33.3 Å². The van der Waals surface area contributed by atoms with Crippen molar-refractivity contribution in [3.05, 3.63) is 103 Å². The first kappa shape index (κ1) is 32.0. The number of carbonyl (C=O) groups is 3. The molecule has 0 aliphatic carbocycles. The molecule has 0 unspecified atom stereocenters. The molecular weight excluding hydrogens is 625 g/mol. The number of hydrazine groups is 1. The van der Waals surface area contributed by atoms with Crippen LogP contribution in [0.1, 0.15) is 11.1 Å². The van der Waals surface area contributed by atoms with Crippen LogP contribution in [0.5, 0.6) is 5.75 Å². The fourth-order valence-corrected chi connectivity index (χ4v) is 6.55. The van der Waals surface area contributed by atoms with Gasteiger partial charge in [0.05, 0.1) is 18.6 Å². The Morgan fingerprint density at radius 2 is 1.83 bits per heavy atom. The lowest BCUT2D eigenvalue weighted by Crippen LogP contribution is -2.76. The Morgan fingerprint density at radius 3 is 2.53 bits per heavy atom. The van der Waals surface area contributed by atoms with E-state index in [1.807, 2.05) is 37.5 Å². The molecule has 244 valence electrons. The lowest BCUT2D eigenvalue weighted by molar-refractivity contribution is -0.188. The summed E-state index contributed by atoms with van der Waals surface area (Å²) in [7, 11) is -2.94. The summed E-state index contributed by atoms with van der Waals surface area (Å²) in [5.41, 5.74) is 2.75. The van der Waals surface area contributed by atoms with Gasteiger partial charge in [-0.05, 0) is 35.4 Å². The van der Waals surface area contributed by atoms with Crippen molar-refractivity contribution in [2.45, 2.75) is 25.2 Å². The van der Waals surface area contributed by atoms with E-state index >= 15 is 0 Å². The minimum atomic E-state index is -4.76. The molecule has 3 aromatic carbocycles. The number of anilines is 1. The smallest absolute Gasteiger partial charge is 0.404 e. The number of hydrogen-bond donors (Lipinski definition) is 3. The van der Waals surface area contributed by atoms with Gasteiger partial charge in [-0.25, -0.2) is 19.4 Å². The molecule has 2 saturated heterocycles. The third-order valence-electron chi connectivity index (χ3n) is 8.08. The van der Waals surface area contributed by atoms with E-state index in [-0.39, 0.29) is 50.2 Å². The standard InChI is InChI=1S/C32H34N7O7P/c1-3-16-37-21-29(40)38-27(17-22-12-14-26(15-13-22)46-47(43,44)45)31(41)36(19-24-9-7-8-23-18-35(2)34-30(23)24)20-28(38)39(37)32(42)33-25-10-5-4-6-11-25/h3-15,18,27-28H,1,16-17,19-21H2,2H3,(H,33,42)(H2,43,44,45)/t27-,28-/m0/s1. The number of benzene rings is 3. The summed E-state index contributed by atoms with van der Waals surface area (Å²) in [6, 6.07) is 19.2. The molecule has 0 spiro atoms. The van der Waals surface area contributed by atoms with E-state index in [2.05, 4.69) is 21.5 Å². The Balaban J connectivity index is 1.38. The third kappa shape index (κ3) is 6.91. The van der Waals surface area contributed by atoms with Crippen molar-refractivity contribution in [3.8, 4) is 5.75 Å². The van der Waals surface area contributed by atoms with Crippen molar-refractivity contribution in [1.29, 1.82) is 0 Å². The van der Waals surface area contributed by atoms with Crippen LogP contribution in [0, 0.1) is 0 Å². The maximum absolute atomic E-state index is 14.3. The van der Waals surface area contributed by atoms with E-state index in [0.717, 1.165) is 16.5 Å². The third-order valence-corrected chi connectivity index (χ3v) is 8.52. The topological polar surface area (TPSA) is 161 Å². The summed E-state index contributed by atoms with van der Waals surface area (Å²) in [5.74, 6) is -0.677. The number of carbonyl (C=O) groups excluding carboxylic acids is 3. The van der Waals surface area contributed by atoms with Crippen LogP contribution in [0.15, 0.2) is 91.6 Å². The Kier molecular flexibility index (Phi) is 8.84. The van der Waals surface area contributed by atoms with E-state index in [0.29, 0.717) is 11.3 Å². The molecule has 3 heterocycles. The van der Waals surface area contributed by atoms with E-state index in [1.165, 1.54) is 22.0 Å². The molecule has 4 amide bonds. The molecule has 14 nitrogen and oxygen atoms in total. The lowest BCUT2D eigenvalue weighted by Gasteiger charge is -2.55. The van der Waals surface area contributed by atoms with Gasteiger partial charge in [-0.15, -0.1) is 6.58 Å². The van der Waals surface area contributed by atoms with Crippen LogP contribution in [-0.2, 0) is 34.2 Å². The second kappa shape index (κ2) is 13.0. The predicted molar refractivity (Wildman–Crippen MR) is 172 cm³/mol. The molecular formula is C32H34N7O7P. The molecule has 2 aliphatic heterocycles. The maximum Gasteiger partial charge on any atom is 0.524 e. The van der Waals surface area contributed by atoms with E-state index < -0.39 is 26.1 Å². The first-order valence-electron chi connectivity index (χ1n) is 14.9. The molecule has 4 aromatic rings. The summed E-state index contributed by atoms with van der Waals surface area (Å²) in [5, 5.41) is 11.5. The van der Waals surface area contributed by atoms with Crippen LogP contribution in [-0.4, -0.2) is 89.1 Å². The van der Waals surface area contributed by atoms with Gasteiger partial charge >= 0.3 is 13.9 Å². The molecule has 2 fully saturated rings. The average Bonchev–Trinajstić information content (AvgIpc) is 3.41. The normalized spacial score (nSPS) is 18.7. The molecule has 2 aliphatic rings. The SMILES string of the molecule is C=CCN1CC(=O)N2[C@@H](Cc3ccc(OP(=O)(O)O)cc3)C(=O)N(Cc3cccc4cn(C)nc34)C[C@@H]2N1C(=O)Nc1ccccc1. The van der Waals surface area contributed by atoms with Gasteiger partial charge in [0.2, 0.25) is 11.8 Å². The molecule has 6 rings (SSSR count). The zero-order valence-electron chi connectivity index (χ0n) is 25.5. The van der Waals surface area contributed by atoms with Gasteiger partial charge in [-0.1, -0.05) is 54.6 Å². The lowest BCUT2D eigenvalue weighted by atomic mass is 9.98. The number of phosphoric acid groups is 1. The Bertz CT molecular complexity index is 1860. The zero-order chi connectivity index (χ0) is 33.3. The van der Waals surface area contributed by atoms with Gasteiger partial charge in [0.15, 0.2) is 0 Å². The second-order valence-electron chi connectivity index (χ2n) is 11.4. The second-order valence-corrected chi connectivity index (χ2v) is 12.5. The number of urea groups is 1. The number of phosphoric ester groups is 1. The minimum Gasteiger partial charge on any atom is -0.404 e. The number of aromatic nitrogens is 2. The van der Waals surface area contributed by atoms with Crippen LogP contribution in [0.2, 0.25) is 0 Å². The van der Waals surface area contributed by atoms with Crippen LogP contribution < -0.4 is 9.84 Å². The summed E-state index contributed by atoms with van der Waals surface area (Å²) < 4.78 is 17.7. The van der Waals surface area contributed by atoms with Gasteiger partial charge in [0.1, 0.15) is 18.0 Å². The maximum atomic E-state index is 14.3. The highest BCUT2D eigenvalue weighted by Crippen LogP contribution is 2.38. The van der Waals surface area contributed by atoms with Crippen molar-refractivity contribution in [1.82, 2.24) is 29.6 Å². The van der Waals surface area contributed by atoms with Crippen LogP contribution in [0.3, 0.4) is 0 Å². The van der Waals surface area contributed by atoms with Crippen LogP contribution in [0.25, 0.3) is 10.9 Å². The van der Waals surface area contributed by atoms with Crippen LogP contribution in [0.4, 0.5) is 10.5 Å². The number of nitrogens with one attached hydrogen (secondary N) is 1. The number of amides is 4. The number of para-hydroxylation sites is 1. The molecule has 47 heavy (non-hydrogen) atoms. The van der Waals surface area contributed by atoms with Gasteiger partial charge in [0.25, 0.3) is 0 Å². The first-order valence-corrected chi connectivity index (χ1v) is 16.4. The molecule has 0 bridgehead atoms. The predicted octanol–water partition coefficient (Wildman–Crippen LogP) is 3.10. The zero-order valence-corrected chi connectivity index (χ0v) is 26.4. The van der Waals surface area contributed by atoms with Crippen LogP contribution >= 0.6 is 7.82 Å². The number of rotatable bonds is 9. The molecule has 0 radical (unpaired) electrons. The van der Waals surface area contributed by atoms with E-state index in [1.54, 1.807) is 57.1 Å². The number of aryl methyl sites for hydroxylation is 1. The monoisotopic (exact) mass is 659 g/mol. The summed E-state index contributed by atoms with van der Waals surface area (Å²) in [6.07, 6.45) is 2.72. The number of piperazine rings is 1. The Hall–Kier alpha value is -5.01. The van der Waals surface area contributed by atoms with Gasteiger partial charge < -0.3 is 19.6 Å². The molecule has 2 atom stereocenters. The van der Waals surface area contributed by atoms with Gasteiger partial charge in [0, 0.05) is 43.8 Å². The number of fused-ring (bicyclic) bond motifs is 2. The van der Waals surface area contributed by atoms with Crippen molar-refractivity contribution in [2.24, 2.45) is 7.05 Å². The van der Waals surface area contributed by atoms with Gasteiger partial charge in [-0.3, -0.25) is 24.1 Å². The molecule has 15 heteroatoms. The molecule has 0 saturated carbocycles.